The van der Waals surface area contributed by atoms with E-state index in [0.29, 0.717) is 19.6 Å². The molecule has 1 N–H and O–H groups in total. The lowest BCUT2D eigenvalue weighted by molar-refractivity contribution is -0.155. The number of nitrogens with one attached hydrogen (secondary N) is 1. The van der Waals surface area contributed by atoms with Gasteiger partial charge in [0, 0.05) is 19.3 Å². The van der Waals surface area contributed by atoms with Crippen LogP contribution in [0.5, 0.6) is 0 Å². The largest absolute Gasteiger partial charge is 0.463 e. The van der Waals surface area contributed by atoms with Crippen molar-refractivity contribution < 1.29 is 28.6 Å². The summed E-state index contributed by atoms with van der Waals surface area (Å²) in [6, 6.07) is 0. The van der Waals surface area contributed by atoms with E-state index in [0.717, 1.165) is 12.8 Å². The summed E-state index contributed by atoms with van der Waals surface area (Å²) in [6.07, 6.45) is 4.64. The van der Waals surface area contributed by atoms with Crippen LogP contribution in [0.25, 0.3) is 0 Å². The van der Waals surface area contributed by atoms with E-state index in [9.17, 15) is 14.4 Å². The lowest BCUT2D eigenvalue weighted by Crippen LogP contribution is -2.29. The van der Waals surface area contributed by atoms with Crippen LogP contribution in [0.1, 0.15) is 33.6 Å². The molecule has 2 amide bonds. The van der Waals surface area contributed by atoms with E-state index in [-0.39, 0.29) is 24.9 Å². The van der Waals surface area contributed by atoms with E-state index in [2.05, 4.69) is 0 Å². The molecule has 0 radical (unpaired) electrons. The highest BCUT2D eigenvalue weighted by atomic mass is 16.6. The van der Waals surface area contributed by atoms with Crippen LogP contribution in [0, 0.1) is 5.41 Å². The summed E-state index contributed by atoms with van der Waals surface area (Å²) in [5, 5.41) is 2.03. The third-order valence-corrected chi connectivity index (χ3v) is 3.58. The number of carbonyl (C=O) groups is 3. The van der Waals surface area contributed by atoms with Gasteiger partial charge < -0.3 is 19.1 Å². The number of esters is 1. The maximum atomic E-state index is 11.6. The Morgan fingerprint density at radius 2 is 2.00 bits per heavy atom. The fourth-order valence-corrected chi connectivity index (χ4v) is 2.12. The Balaban J connectivity index is 2.19. The van der Waals surface area contributed by atoms with Gasteiger partial charge in [-0.15, -0.1) is 0 Å². The van der Waals surface area contributed by atoms with Crippen LogP contribution in [0.4, 0.5) is 0 Å². The number of amides is 2. The molecule has 1 aliphatic rings. The zero-order chi connectivity index (χ0) is 18.9. The molecule has 1 fully saturated rings. The minimum Gasteiger partial charge on any atom is -0.463 e. The molecule has 8 nitrogen and oxygen atoms in total. The first-order valence-corrected chi connectivity index (χ1v) is 8.28. The van der Waals surface area contributed by atoms with E-state index in [1.54, 1.807) is 38.9 Å². The summed E-state index contributed by atoms with van der Waals surface area (Å²) >= 11 is 0. The van der Waals surface area contributed by atoms with Crippen LogP contribution in [0.2, 0.25) is 0 Å². The second-order valence-electron chi connectivity index (χ2n) is 6.86. The molecule has 2 unspecified atom stereocenters. The minimum absolute atomic E-state index is 0.0389. The summed E-state index contributed by atoms with van der Waals surface area (Å²) in [4.78, 5) is 34.7. The summed E-state index contributed by atoms with van der Waals surface area (Å²) < 4.78 is 16.5. The van der Waals surface area contributed by atoms with Gasteiger partial charge in [0.25, 0.3) is 5.91 Å². The molecule has 0 saturated carbocycles. The molecular formula is C17H28N2O6. The van der Waals surface area contributed by atoms with Gasteiger partial charge in [-0.3, -0.25) is 19.7 Å². The molecule has 142 valence electrons. The Labute approximate surface area is 148 Å². The average Bonchev–Trinajstić information content (AvgIpc) is 3.00. The SMILES string of the molecule is CN(/C=C\C(=O)NC=O)C1CCC(COCCOC(=O)C(C)(C)C)O1. The number of hydrogen-bond donors (Lipinski definition) is 1. The van der Waals surface area contributed by atoms with Gasteiger partial charge >= 0.3 is 5.97 Å². The number of carbonyl (C=O) groups excluding carboxylic acids is 3. The maximum Gasteiger partial charge on any atom is 0.311 e. The van der Waals surface area contributed by atoms with Gasteiger partial charge in [-0.05, 0) is 33.6 Å². The zero-order valence-electron chi connectivity index (χ0n) is 15.3. The molecule has 25 heavy (non-hydrogen) atoms. The molecule has 8 heteroatoms. The van der Waals surface area contributed by atoms with Crippen LogP contribution < -0.4 is 5.32 Å². The monoisotopic (exact) mass is 356 g/mol. The number of rotatable bonds is 9. The zero-order valence-corrected chi connectivity index (χ0v) is 15.3. The van der Waals surface area contributed by atoms with Crippen molar-refractivity contribution in [1.82, 2.24) is 10.2 Å². The van der Waals surface area contributed by atoms with E-state index >= 15 is 0 Å². The van der Waals surface area contributed by atoms with Crippen LogP contribution in [-0.4, -0.2) is 62.4 Å². The number of nitrogens with zero attached hydrogens (tertiary/aromatic N) is 1. The van der Waals surface area contributed by atoms with Gasteiger partial charge in [-0.2, -0.15) is 0 Å². The smallest absolute Gasteiger partial charge is 0.311 e. The standard InChI is InChI=1S/C17H28N2O6/c1-17(2,3)16(22)24-10-9-23-11-13-5-6-15(25-13)19(4)8-7-14(21)18-12-20/h7-8,12-13,15H,5-6,9-11H2,1-4H3,(H,18,20,21)/b8-7-. The Morgan fingerprint density at radius 1 is 1.28 bits per heavy atom. The molecule has 0 aliphatic carbocycles. The van der Waals surface area contributed by atoms with Crippen molar-refractivity contribution in [1.29, 1.82) is 0 Å². The molecule has 0 spiro atoms. The first-order chi connectivity index (χ1) is 11.7. The van der Waals surface area contributed by atoms with E-state index in [1.165, 1.54) is 6.08 Å². The van der Waals surface area contributed by atoms with Crippen LogP contribution >= 0.6 is 0 Å². The number of imide groups is 1. The topological polar surface area (TPSA) is 94.2 Å². The van der Waals surface area contributed by atoms with E-state index in [4.69, 9.17) is 14.2 Å². The van der Waals surface area contributed by atoms with Crippen LogP contribution in [0.15, 0.2) is 12.3 Å². The minimum atomic E-state index is -0.511. The van der Waals surface area contributed by atoms with Gasteiger partial charge in [-0.1, -0.05) is 0 Å². The van der Waals surface area contributed by atoms with Gasteiger partial charge in [0.05, 0.1) is 24.7 Å². The Hall–Kier alpha value is -1.93. The van der Waals surface area contributed by atoms with Gasteiger partial charge in [0.2, 0.25) is 6.41 Å². The normalized spacial score (nSPS) is 20.5. The van der Waals surface area contributed by atoms with Crippen molar-refractivity contribution in [3.63, 3.8) is 0 Å². The molecule has 2 atom stereocenters. The van der Waals surface area contributed by atoms with Crippen molar-refractivity contribution in [3.8, 4) is 0 Å². The maximum absolute atomic E-state index is 11.6. The molecule has 1 saturated heterocycles. The van der Waals surface area contributed by atoms with E-state index in [1.807, 2.05) is 5.32 Å². The molecule has 0 aromatic heterocycles. The second-order valence-corrected chi connectivity index (χ2v) is 6.86. The highest BCUT2D eigenvalue weighted by molar-refractivity contribution is 5.94. The number of ether oxygens (including phenoxy) is 3. The highest BCUT2D eigenvalue weighted by Crippen LogP contribution is 2.22. The molecule has 1 rings (SSSR count). The molecule has 1 aliphatic heterocycles. The lowest BCUT2D eigenvalue weighted by atomic mass is 9.97. The summed E-state index contributed by atoms with van der Waals surface area (Å²) in [6.45, 7) is 6.38. The Morgan fingerprint density at radius 3 is 2.64 bits per heavy atom. The third-order valence-electron chi connectivity index (χ3n) is 3.58. The highest BCUT2D eigenvalue weighted by Gasteiger charge is 2.27. The average molecular weight is 356 g/mol. The quantitative estimate of drug-likeness (QED) is 0.283. The second kappa shape index (κ2) is 10.1. The predicted octanol–water partition coefficient (Wildman–Crippen LogP) is 0.816. The fraction of sp³-hybridized carbons (Fsp3) is 0.706. The predicted molar refractivity (Wildman–Crippen MR) is 90.2 cm³/mol. The van der Waals surface area contributed by atoms with Gasteiger partial charge in [0.15, 0.2) is 0 Å². The molecular weight excluding hydrogens is 328 g/mol. The van der Waals surface area contributed by atoms with Crippen molar-refractivity contribution in [2.24, 2.45) is 5.41 Å². The van der Waals surface area contributed by atoms with Crippen molar-refractivity contribution in [2.45, 2.75) is 45.9 Å². The molecule has 0 aromatic carbocycles. The molecule has 0 bridgehead atoms. The van der Waals surface area contributed by atoms with Crippen molar-refractivity contribution in [2.75, 3.05) is 26.9 Å². The molecule has 1 heterocycles. The first kappa shape index (κ1) is 21.1. The van der Waals surface area contributed by atoms with Crippen molar-refractivity contribution >= 4 is 18.3 Å². The van der Waals surface area contributed by atoms with Gasteiger partial charge in [-0.25, -0.2) is 0 Å². The number of hydrogen-bond acceptors (Lipinski definition) is 7. The van der Waals surface area contributed by atoms with Crippen molar-refractivity contribution in [3.05, 3.63) is 12.3 Å². The van der Waals surface area contributed by atoms with E-state index < -0.39 is 11.3 Å². The first-order valence-electron chi connectivity index (χ1n) is 8.28. The van der Waals surface area contributed by atoms with Crippen LogP contribution in [0.3, 0.4) is 0 Å². The van der Waals surface area contributed by atoms with Gasteiger partial charge in [0.1, 0.15) is 12.8 Å². The lowest BCUT2D eigenvalue weighted by Gasteiger charge is -2.22. The fourth-order valence-electron chi connectivity index (χ4n) is 2.12. The Kier molecular flexibility index (Phi) is 8.57. The Bertz CT molecular complexity index is 486. The molecule has 0 aromatic rings. The summed E-state index contributed by atoms with van der Waals surface area (Å²) in [5.41, 5.74) is -0.511. The van der Waals surface area contributed by atoms with Crippen LogP contribution in [-0.2, 0) is 28.6 Å². The summed E-state index contributed by atoms with van der Waals surface area (Å²) in [7, 11) is 1.80. The summed E-state index contributed by atoms with van der Waals surface area (Å²) in [5.74, 6) is -0.732. The third kappa shape index (κ3) is 8.13.